The maximum Gasteiger partial charge on any atom is 0.269 e. The molecule has 0 spiro atoms. The normalized spacial score (nSPS) is 19.6. The molecule has 8 nitrogen and oxygen atoms in total. The number of thiophene rings is 1. The lowest BCUT2D eigenvalue weighted by atomic mass is 9.88. The lowest BCUT2D eigenvalue weighted by Gasteiger charge is -2.18. The maximum atomic E-state index is 12.6. The Hall–Kier alpha value is -2.72. The van der Waals surface area contributed by atoms with Gasteiger partial charge in [-0.2, -0.15) is 0 Å². The smallest absolute Gasteiger partial charge is 0.269 e. The number of hydrogen-bond donors (Lipinski definition) is 2. The average Bonchev–Trinajstić information content (AvgIpc) is 3.10. The van der Waals surface area contributed by atoms with Crippen LogP contribution in [0.2, 0.25) is 0 Å². The van der Waals surface area contributed by atoms with Crippen LogP contribution in [0.5, 0.6) is 0 Å². The zero-order chi connectivity index (χ0) is 20.9. The summed E-state index contributed by atoms with van der Waals surface area (Å²) in [5, 5.41) is 2.90. The molecule has 1 atom stereocenters. The van der Waals surface area contributed by atoms with Crippen LogP contribution in [0.1, 0.15) is 44.5 Å². The number of nitrogens with one attached hydrogen (secondary N) is 1. The van der Waals surface area contributed by atoms with E-state index < -0.39 is 34.3 Å². The van der Waals surface area contributed by atoms with Gasteiger partial charge in [0, 0.05) is 4.88 Å². The number of carbonyl (C=O) groups excluding carboxylic acids is 3. The summed E-state index contributed by atoms with van der Waals surface area (Å²) in [5.74, 6) is -1.62. The molecule has 10 heteroatoms. The molecule has 2 heterocycles. The molecule has 1 aliphatic heterocycles. The summed E-state index contributed by atoms with van der Waals surface area (Å²) in [6.07, 6.45) is 2.43. The molecule has 1 aromatic heterocycles. The predicted molar refractivity (Wildman–Crippen MR) is 107 cm³/mol. The van der Waals surface area contributed by atoms with Crippen LogP contribution in [-0.4, -0.2) is 37.0 Å². The van der Waals surface area contributed by atoms with E-state index >= 15 is 0 Å². The minimum atomic E-state index is -4.08. The zero-order valence-electron chi connectivity index (χ0n) is 15.6. The second-order valence-electron chi connectivity index (χ2n) is 7.28. The van der Waals surface area contributed by atoms with E-state index in [0.29, 0.717) is 21.6 Å². The van der Waals surface area contributed by atoms with Gasteiger partial charge in [0.25, 0.3) is 21.8 Å². The number of benzene rings is 1. The molecular weight excluding hydrogens is 414 g/mol. The largest absolute Gasteiger partial charge is 0.365 e. The summed E-state index contributed by atoms with van der Waals surface area (Å²) in [6, 6.07) is 5.82. The first-order valence-corrected chi connectivity index (χ1v) is 11.4. The van der Waals surface area contributed by atoms with E-state index in [9.17, 15) is 22.8 Å². The minimum absolute atomic E-state index is 0.0405. The first-order chi connectivity index (χ1) is 13.7. The SMILES string of the molecule is CC1CCc2c(sc(NC(=O)CN3C(=O)c4ccccc4S3(=O)=O)c2C(N)=O)C1. The molecular formula is C19H19N3O5S2. The van der Waals surface area contributed by atoms with Crippen molar-refractivity contribution in [1.82, 2.24) is 4.31 Å². The Kier molecular flexibility index (Phi) is 4.70. The summed E-state index contributed by atoms with van der Waals surface area (Å²) < 4.78 is 25.8. The van der Waals surface area contributed by atoms with Crippen molar-refractivity contribution >= 4 is 44.1 Å². The Labute approximate surface area is 171 Å². The first-order valence-electron chi connectivity index (χ1n) is 9.10. The second-order valence-corrected chi connectivity index (χ2v) is 10.2. The molecule has 0 bridgehead atoms. The van der Waals surface area contributed by atoms with E-state index in [1.54, 1.807) is 6.07 Å². The van der Waals surface area contributed by atoms with Gasteiger partial charge in [-0.3, -0.25) is 14.4 Å². The highest BCUT2D eigenvalue weighted by molar-refractivity contribution is 7.90. The van der Waals surface area contributed by atoms with Crippen LogP contribution in [0.15, 0.2) is 29.2 Å². The number of nitrogens with two attached hydrogens (primary N) is 1. The number of amides is 3. The van der Waals surface area contributed by atoms with Crippen molar-refractivity contribution < 1.29 is 22.8 Å². The molecule has 1 unspecified atom stereocenters. The average molecular weight is 434 g/mol. The molecule has 4 rings (SSSR count). The number of anilines is 1. The summed E-state index contributed by atoms with van der Waals surface area (Å²) in [7, 11) is -4.08. The van der Waals surface area contributed by atoms with Crippen LogP contribution in [0.3, 0.4) is 0 Å². The Morgan fingerprint density at radius 3 is 2.72 bits per heavy atom. The van der Waals surface area contributed by atoms with Crippen LogP contribution in [0, 0.1) is 5.92 Å². The lowest BCUT2D eigenvalue weighted by Crippen LogP contribution is -2.37. The van der Waals surface area contributed by atoms with Gasteiger partial charge in [-0.1, -0.05) is 19.1 Å². The monoisotopic (exact) mass is 433 g/mol. The van der Waals surface area contributed by atoms with E-state index in [0.717, 1.165) is 23.3 Å². The third-order valence-corrected chi connectivity index (χ3v) is 8.17. The molecule has 1 aromatic carbocycles. The Morgan fingerprint density at radius 2 is 2.03 bits per heavy atom. The molecule has 0 saturated carbocycles. The van der Waals surface area contributed by atoms with Crippen LogP contribution < -0.4 is 11.1 Å². The number of primary amides is 1. The summed E-state index contributed by atoms with van der Waals surface area (Å²) >= 11 is 1.28. The second kappa shape index (κ2) is 6.96. The van der Waals surface area contributed by atoms with Crippen molar-refractivity contribution in [2.24, 2.45) is 11.7 Å². The van der Waals surface area contributed by atoms with E-state index in [4.69, 9.17) is 5.73 Å². The fraction of sp³-hybridized carbons (Fsp3) is 0.316. The van der Waals surface area contributed by atoms with E-state index in [1.165, 1.54) is 29.5 Å². The van der Waals surface area contributed by atoms with Crippen molar-refractivity contribution in [3.63, 3.8) is 0 Å². The molecule has 3 N–H and O–H groups in total. The number of sulfonamides is 1. The van der Waals surface area contributed by atoms with Crippen molar-refractivity contribution in [3.05, 3.63) is 45.8 Å². The molecule has 2 aliphatic rings. The third-order valence-electron chi connectivity index (χ3n) is 5.21. The number of rotatable bonds is 4. The molecule has 0 saturated heterocycles. The Bertz CT molecular complexity index is 1150. The quantitative estimate of drug-likeness (QED) is 0.760. The van der Waals surface area contributed by atoms with Gasteiger partial charge >= 0.3 is 0 Å². The van der Waals surface area contributed by atoms with Crippen LogP contribution >= 0.6 is 11.3 Å². The van der Waals surface area contributed by atoms with Crippen molar-refractivity contribution in [3.8, 4) is 0 Å². The topological polar surface area (TPSA) is 127 Å². The summed E-state index contributed by atoms with van der Waals surface area (Å²) in [5.41, 5.74) is 6.71. The highest BCUT2D eigenvalue weighted by Crippen LogP contribution is 2.39. The Morgan fingerprint density at radius 1 is 1.31 bits per heavy atom. The molecule has 1 aliphatic carbocycles. The van der Waals surface area contributed by atoms with Gasteiger partial charge in [0.1, 0.15) is 16.4 Å². The van der Waals surface area contributed by atoms with Gasteiger partial charge in [-0.05, 0) is 42.9 Å². The lowest BCUT2D eigenvalue weighted by molar-refractivity contribution is -0.116. The molecule has 0 radical (unpaired) electrons. The third kappa shape index (κ3) is 3.22. The zero-order valence-corrected chi connectivity index (χ0v) is 17.2. The van der Waals surface area contributed by atoms with Gasteiger partial charge in [-0.25, -0.2) is 12.7 Å². The molecule has 0 fully saturated rings. The minimum Gasteiger partial charge on any atom is -0.365 e. The van der Waals surface area contributed by atoms with Crippen LogP contribution in [0.4, 0.5) is 5.00 Å². The van der Waals surface area contributed by atoms with Gasteiger partial charge in [0.15, 0.2) is 0 Å². The van der Waals surface area contributed by atoms with Crippen LogP contribution in [0.25, 0.3) is 0 Å². The van der Waals surface area contributed by atoms with E-state index in [2.05, 4.69) is 12.2 Å². The first kappa shape index (κ1) is 19.6. The van der Waals surface area contributed by atoms with Gasteiger partial charge in [0.05, 0.1) is 11.1 Å². The van der Waals surface area contributed by atoms with Gasteiger partial charge in [0.2, 0.25) is 5.91 Å². The van der Waals surface area contributed by atoms with Gasteiger partial charge in [-0.15, -0.1) is 11.3 Å². The van der Waals surface area contributed by atoms with Gasteiger partial charge < -0.3 is 11.1 Å². The summed E-state index contributed by atoms with van der Waals surface area (Å²) in [4.78, 5) is 37.9. The van der Waals surface area contributed by atoms with E-state index in [1.807, 2.05) is 0 Å². The Balaban J connectivity index is 1.59. The standard InChI is InChI=1S/C19H19N3O5S2/c1-10-6-7-11-13(8-10)28-18(16(11)17(20)24)21-15(23)9-22-19(25)12-4-2-3-5-14(12)29(22,26)27/h2-5,10H,6-9H2,1H3,(H2,20,24)(H,21,23). The highest BCUT2D eigenvalue weighted by atomic mass is 32.2. The highest BCUT2D eigenvalue weighted by Gasteiger charge is 2.42. The summed E-state index contributed by atoms with van der Waals surface area (Å²) in [6.45, 7) is 1.44. The number of nitrogens with zero attached hydrogens (tertiary/aromatic N) is 1. The number of fused-ring (bicyclic) bond motifs is 2. The number of hydrogen-bond acceptors (Lipinski definition) is 6. The predicted octanol–water partition coefficient (Wildman–Crippen LogP) is 1.76. The fourth-order valence-electron chi connectivity index (χ4n) is 3.78. The van der Waals surface area contributed by atoms with Crippen molar-refractivity contribution in [2.75, 3.05) is 11.9 Å². The van der Waals surface area contributed by atoms with Crippen molar-refractivity contribution in [1.29, 1.82) is 0 Å². The van der Waals surface area contributed by atoms with E-state index in [-0.39, 0.29) is 16.0 Å². The molecule has 152 valence electrons. The fourth-order valence-corrected chi connectivity index (χ4v) is 6.74. The van der Waals surface area contributed by atoms with Crippen molar-refractivity contribution in [2.45, 2.75) is 31.1 Å². The van der Waals surface area contributed by atoms with Crippen LogP contribution in [-0.2, 0) is 27.7 Å². The molecule has 2 aromatic rings. The molecule has 29 heavy (non-hydrogen) atoms. The molecule has 3 amide bonds. The number of carbonyl (C=O) groups is 3. The maximum absolute atomic E-state index is 12.6.